The highest BCUT2D eigenvalue weighted by atomic mass is 19.1. The van der Waals surface area contributed by atoms with Crippen molar-refractivity contribution < 1.29 is 23.5 Å². The first-order valence-electron chi connectivity index (χ1n) is 17.2. The highest BCUT2D eigenvalue weighted by molar-refractivity contribution is 5.98. The molecule has 0 aliphatic heterocycles. The van der Waals surface area contributed by atoms with E-state index in [1.54, 1.807) is 24.3 Å². The zero-order chi connectivity index (χ0) is 38.6. The number of hydrogen-bond acceptors (Lipinski definition) is 9. The molecule has 0 radical (unpaired) electrons. The number of carbonyl (C=O) groups is 3. The number of hydrogen-bond donors (Lipinski definition) is 6. The van der Waals surface area contributed by atoms with E-state index in [0.29, 0.717) is 35.1 Å². The molecular weight excluding hydrogens is 691 g/mol. The van der Waals surface area contributed by atoms with Gasteiger partial charge in [0.05, 0.1) is 45.8 Å². The Bertz CT molecular complexity index is 2120. The third-order valence-electron chi connectivity index (χ3n) is 8.52. The van der Waals surface area contributed by atoms with E-state index in [-0.39, 0.29) is 54.5 Å². The molecule has 0 spiro atoms. The summed E-state index contributed by atoms with van der Waals surface area (Å²) >= 11 is 0. The van der Waals surface area contributed by atoms with Gasteiger partial charge in [-0.05, 0) is 78.3 Å². The lowest BCUT2D eigenvalue weighted by atomic mass is 10.1. The maximum atomic E-state index is 13.7. The molecule has 1 fully saturated rings. The molecule has 14 nitrogen and oxygen atoms in total. The summed E-state index contributed by atoms with van der Waals surface area (Å²) in [5.41, 5.74) is 34.1. The number of amides is 3. The van der Waals surface area contributed by atoms with Crippen molar-refractivity contribution in [1.29, 1.82) is 0 Å². The third kappa shape index (κ3) is 9.04. The average Bonchev–Trinajstić information content (AvgIpc) is 3.77. The van der Waals surface area contributed by atoms with Crippen molar-refractivity contribution in [2.75, 3.05) is 11.5 Å². The highest BCUT2D eigenvalue weighted by Crippen LogP contribution is 2.30. The van der Waals surface area contributed by atoms with Gasteiger partial charge in [0.25, 0.3) is 17.7 Å². The van der Waals surface area contributed by atoms with Crippen LogP contribution >= 0.6 is 0 Å². The van der Waals surface area contributed by atoms with E-state index in [4.69, 9.17) is 33.4 Å². The molecule has 3 aromatic carbocycles. The zero-order valence-corrected chi connectivity index (χ0v) is 30.1. The number of primary amides is 2. The summed E-state index contributed by atoms with van der Waals surface area (Å²) < 4.78 is 22.4. The van der Waals surface area contributed by atoms with E-state index in [1.807, 2.05) is 52.0 Å². The molecule has 2 heterocycles. The second kappa shape index (κ2) is 17.1. The Morgan fingerprint density at radius 3 is 1.67 bits per heavy atom. The van der Waals surface area contributed by atoms with E-state index in [9.17, 15) is 18.8 Å². The maximum absolute atomic E-state index is 13.7. The smallest absolute Gasteiger partial charge is 0.269 e. The van der Waals surface area contributed by atoms with Crippen LogP contribution in [-0.4, -0.2) is 43.4 Å². The first-order chi connectivity index (χ1) is 25.2. The number of rotatable bonds is 12. The van der Waals surface area contributed by atoms with Gasteiger partial charge in [0.1, 0.15) is 11.6 Å². The molecule has 11 N–H and O–H groups in total. The predicted octanol–water partition coefficient (Wildman–Crippen LogP) is 5.06. The van der Waals surface area contributed by atoms with Gasteiger partial charge in [-0.3, -0.25) is 14.4 Å². The van der Waals surface area contributed by atoms with E-state index in [1.165, 1.54) is 27.6 Å². The number of aromatic nitrogens is 4. The van der Waals surface area contributed by atoms with Crippen molar-refractivity contribution in [2.24, 2.45) is 17.2 Å². The van der Waals surface area contributed by atoms with Crippen LogP contribution in [0.5, 0.6) is 5.75 Å². The fourth-order valence-corrected chi connectivity index (χ4v) is 5.55. The molecule has 0 bridgehead atoms. The van der Waals surface area contributed by atoms with Gasteiger partial charge in [-0.25, -0.2) is 13.8 Å². The Hall–Kier alpha value is -6.22. The van der Waals surface area contributed by atoms with Crippen LogP contribution in [0.3, 0.4) is 0 Å². The van der Waals surface area contributed by atoms with Crippen molar-refractivity contribution in [2.45, 2.75) is 79.0 Å². The number of benzene rings is 3. The Morgan fingerprint density at radius 1 is 0.796 bits per heavy atom. The highest BCUT2D eigenvalue weighted by Gasteiger charge is 2.27. The van der Waals surface area contributed by atoms with Gasteiger partial charge in [-0.15, -0.1) is 0 Å². The van der Waals surface area contributed by atoms with Gasteiger partial charge in [-0.1, -0.05) is 59.4 Å². The first-order valence-corrected chi connectivity index (χ1v) is 17.2. The minimum atomic E-state index is -0.664. The van der Waals surface area contributed by atoms with Gasteiger partial charge < -0.3 is 38.7 Å². The molecule has 1 aliphatic carbocycles. The monoisotopic (exact) mass is 740 g/mol. The fourth-order valence-electron chi connectivity index (χ4n) is 5.55. The Balaban J connectivity index is 0.000000266. The quantitative estimate of drug-likeness (QED) is 0.100. The van der Waals surface area contributed by atoms with Gasteiger partial charge in [-0.2, -0.15) is 10.2 Å². The van der Waals surface area contributed by atoms with Crippen LogP contribution in [0, 0.1) is 5.82 Å². The van der Waals surface area contributed by atoms with Gasteiger partial charge in [0.15, 0.2) is 11.4 Å². The molecule has 0 saturated heterocycles. The molecule has 1 saturated carbocycles. The van der Waals surface area contributed by atoms with E-state index in [2.05, 4.69) is 15.5 Å². The normalized spacial score (nSPS) is 12.1. The van der Waals surface area contributed by atoms with Crippen molar-refractivity contribution in [3.05, 3.63) is 112 Å². The molecule has 5 aromatic rings. The summed E-state index contributed by atoms with van der Waals surface area (Å²) in [5.74, 6) is -1.67. The van der Waals surface area contributed by atoms with Crippen LogP contribution in [0.2, 0.25) is 0 Å². The number of anilines is 2. The van der Waals surface area contributed by atoms with Crippen LogP contribution in [0.4, 0.5) is 15.8 Å². The van der Waals surface area contributed by atoms with Crippen LogP contribution in [-0.2, 0) is 13.1 Å². The molecule has 0 atom stereocenters. The molecular formula is C39H49FN10O4. The average molecular weight is 741 g/mol. The van der Waals surface area contributed by atoms with Crippen molar-refractivity contribution in [1.82, 2.24) is 24.9 Å². The first kappa shape index (κ1) is 40.5. The lowest BCUT2D eigenvalue weighted by Crippen LogP contribution is -2.24. The van der Waals surface area contributed by atoms with Gasteiger partial charge >= 0.3 is 0 Å². The minimum absolute atomic E-state index is 0. The summed E-state index contributed by atoms with van der Waals surface area (Å²) in [6.07, 6.45) is 1.96. The zero-order valence-electron chi connectivity index (χ0n) is 30.1. The van der Waals surface area contributed by atoms with Crippen molar-refractivity contribution >= 4 is 29.1 Å². The van der Waals surface area contributed by atoms with Gasteiger partial charge in [0.2, 0.25) is 0 Å². The van der Waals surface area contributed by atoms with Crippen LogP contribution in [0.1, 0.15) is 114 Å². The Morgan fingerprint density at radius 2 is 1.26 bits per heavy atom. The summed E-state index contributed by atoms with van der Waals surface area (Å²) in [6, 6.07) is 18.5. The third-order valence-corrected chi connectivity index (χ3v) is 8.52. The maximum Gasteiger partial charge on any atom is 0.269 e. The molecule has 286 valence electrons. The lowest BCUT2D eigenvalue weighted by molar-refractivity contribution is 0.0943. The standard InChI is InChI=1S/C24H26FN5O3.C14H19N5O.CH4/c1-13(2)21-20(26)22(23(27)31)30(29-21)16-6-3-14(4-7-16)12-28-24(32)18-11-15(25)5-10-19(18)33-17-8-9-17;1-8(2)12-11(16)13(14(17)20)19(18-12)10-5-3-9(7-15)4-6-10;/h3-7,10-11,13,17H,8-9,12,26H2,1-2H3,(H2,27,31)(H,28,32);3-6,8H,7,15-16H2,1-2H3,(H2,17,20);1H4. The SMILES string of the molecule is C.CC(C)c1nn(-c2ccc(CN)cc2)c(C(N)=O)c1N.CC(C)c1nn(-c2ccc(CNC(=O)c3cc(F)ccc3OC3CC3)cc2)c(C(N)=O)c1N. The van der Waals surface area contributed by atoms with Crippen LogP contribution < -0.4 is 38.7 Å². The van der Waals surface area contributed by atoms with E-state index < -0.39 is 23.5 Å². The summed E-state index contributed by atoms with van der Waals surface area (Å²) in [7, 11) is 0. The van der Waals surface area contributed by atoms with Crippen molar-refractivity contribution in [3.8, 4) is 17.1 Å². The Labute approximate surface area is 313 Å². The number of halogens is 1. The number of nitrogen functional groups attached to an aromatic ring is 2. The lowest BCUT2D eigenvalue weighted by Gasteiger charge is -2.12. The summed E-state index contributed by atoms with van der Waals surface area (Å²) in [4.78, 5) is 36.3. The number of nitrogens with zero attached hydrogens (tertiary/aromatic N) is 4. The largest absolute Gasteiger partial charge is 0.490 e. The summed E-state index contributed by atoms with van der Waals surface area (Å²) in [6.45, 7) is 8.47. The van der Waals surface area contributed by atoms with Crippen molar-refractivity contribution in [3.63, 3.8) is 0 Å². The van der Waals surface area contributed by atoms with Crippen LogP contribution in [0.15, 0.2) is 66.7 Å². The Kier molecular flexibility index (Phi) is 12.8. The number of carbonyl (C=O) groups excluding carboxylic acids is 3. The number of nitrogens with two attached hydrogens (primary N) is 5. The second-order valence-electron chi connectivity index (χ2n) is 13.3. The molecule has 15 heteroatoms. The molecule has 6 rings (SSSR count). The van der Waals surface area contributed by atoms with Gasteiger partial charge in [0, 0.05) is 13.1 Å². The van der Waals surface area contributed by atoms with E-state index in [0.717, 1.165) is 29.7 Å². The van der Waals surface area contributed by atoms with Crippen LogP contribution in [0.25, 0.3) is 11.4 Å². The summed E-state index contributed by atoms with van der Waals surface area (Å²) in [5, 5.41) is 11.7. The molecule has 2 aromatic heterocycles. The topological polar surface area (TPSA) is 238 Å². The molecule has 3 amide bonds. The molecule has 1 aliphatic rings. The fraction of sp³-hybridized carbons (Fsp3) is 0.308. The minimum Gasteiger partial charge on any atom is -0.490 e. The molecule has 0 unspecified atom stereocenters. The second-order valence-corrected chi connectivity index (χ2v) is 13.3. The number of nitrogens with one attached hydrogen (secondary N) is 1. The van der Waals surface area contributed by atoms with E-state index >= 15 is 0 Å². The molecule has 54 heavy (non-hydrogen) atoms. The number of ether oxygens (including phenoxy) is 1. The predicted molar refractivity (Wildman–Crippen MR) is 207 cm³/mol.